The van der Waals surface area contributed by atoms with Crippen molar-refractivity contribution in [3.05, 3.63) is 59.2 Å². The molecule has 0 spiro atoms. The van der Waals surface area contributed by atoms with Gasteiger partial charge in [0.25, 0.3) is 0 Å². The third kappa shape index (κ3) is 3.51. The molecule has 1 aromatic heterocycles. The summed E-state index contributed by atoms with van der Waals surface area (Å²) in [6.45, 7) is 6.51. The number of carbonyl (C=O) groups excluding carboxylic acids is 1. The number of benzene rings is 2. The van der Waals surface area contributed by atoms with Gasteiger partial charge < -0.3 is 9.72 Å². The number of rotatable bonds is 5. The van der Waals surface area contributed by atoms with Gasteiger partial charge in [-0.3, -0.25) is 4.79 Å². The minimum atomic E-state index is -0.136. The first-order chi connectivity index (χ1) is 11.6. The van der Waals surface area contributed by atoms with Crippen LogP contribution in [0, 0.1) is 13.8 Å². The van der Waals surface area contributed by atoms with Crippen LogP contribution in [0.25, 0.3) is 22.2 Å². The van der Waals surface area contributed by atoms with Crippen LogP contribution >= 0.6 is 0 Å². The standard InChI is InChI=1S/C21H23NO2/c1-4-24-21(23)10-8-16-7-9-19-17(12-16)13-20(22-19)18-11-14(2)5-6-15(18)3/h5-7,9,11-13,22H,4,8,10H2,1-3H3. The smallest absolute Gasteiger partial charge is 0.306 e. The molecule has 1 N–H and O–H groups in total. The van der Waals surface area contributed by atoms with E-state index in [1.807, 2.05) is 6.92 Å². The predicted molar refractivity (Wildman–Crippen MR) is 98.2 cm³/mol. The summed E-state index contributed by atoms with van der Waals surface area (Å²) in [6.07, 6.45) is 1.13. The number of aromatic nitrogens is 1. The average molecular weight is 321 g/mol. The van der Waals surface area contributed by atoms with E-state index in [-0.39, 0.29) is 5.97 Å². The highest BCUT2D eigenvalue weighted by atomic mass is 16.5. The van der Waals surface area contributed by atoms with Gasteiger partial charge in [-0.25, -0.2) is 0 Å². The first-order valence-corrected chi connectivity index (χ1v) is 8.41. The van der Waals surface area contributed by atoms with E-state index in [2.05, 4.69) is 61.3 Å². The lowest BCUT2D eigenvalue weighted by atomic mass is 10.0. The summed E-state index contributed by atoms with van der Waals surface area (Å²) in [5.41, 5.74) is 7.15. The highest BCUT2D eigenvalue weighted by Crippen LogP contribution is 2.28. The number of ether oxygens (including phenoxy) is 1. The lowest BCUT2D eigenvalue weighted by molar-refractivity contribution is -0.143. The molecule has 3 heteroatoms. The van der Waals surface area contributed by atoms with Gasteiger partial charge in [-0.1, -0.05) is 23.8 Å². The molecule has 3 aromatic rings. The van der Waals surface area contributed by atoms with E-state index in [1.165, 1.54) is 22.1 Å². The molecule has 0 fully saturated rings. The van der Waals surface area contributed by atoms with E-state index in [1.54, 1.807) is 0 Å². The Hall–Kier alpha value is -2.55. The quantitative estimate of drug-likeness (QED) is 0.676. The SMILES string of the molecule is CCOC(=O)CCc1ccc2[nH]c(-c3cc(C)ccc3C)cc2c1. The monoisotopic (exact) mass is 321 g/mol. The van der Waals surface area contributed by atoms with E-state index in [0.29, 0.717) is 19.4 Å². The zero-order chi connectivity index (χ0) is 17.1. The van der Waals surface area contributed by atoms with Gasteiger partial charge in [-0.2, -0.15) is 0 Å². The van der Waals surface area contributed by atoms with Gasteiger partial charge in [-0.05, 0) is 62.6 Å². The first-order valence-electron chi connectivity index (χ1n) is 8.41. The van der Waals surface area contributed by atoms with Crippen molar-refractivity contribution in [1.82, 2.24) is 4.98 Å². The lowest BCUT2D eigenvalue weighted by Crippen LogP contribution is -2.04. The minimum Gasteiger partial charge on any atom is -0.466 e. The van der Waals surface area contributed by atoms with Crippen LogP contribution in [0.3, 0.4) is 0 Å². The van der Waals surface area contributed by atoms with E-state index < -0.39 is 0 Å². The Labute approximate surface area is 142 Å². The molecule has 0 bridgehead atoms. The second kappa shape index (κ2) is 6.91. The van der Waals surface area contributed by atoms with Crippen LogP contribution < -0.4 is 0 Å². The maximum atomic E-state index is 11.5. The maximum Gasteiger partial charge on any atom is 0.306 e. The summed E-state index contributed by atoms with van der Waals surface area (Å²) in [6, 6.07) is 15.0. The van der Waals surface area contributed by atoms with Crippen LogP contribution in [-0.2, 0) is 16.0 Å². The van der Waals surface area contributed by atoms with Crippen LogP contribution in [0.1, 0.15) is 30.0 Å². The van der Waals surface area contributed by atoms with Crippen molar-refractivity contribution in [2.75, 3.05) is 6.61 Å². The molecular formula is C21H23NO2. The largest absolute Gasteiger partial charge is 0.466 e. The topological polar surface area (TPSA) is 42.1 Å². The van der Waals surface area contributed by atoms with Gasteiger partial charge in [0.05, 0.1) is 6.61 Å². The fraction of sp³-hybridized carbons (Fsp3) is 0.286. The third-order valence-electron chi connectivity index (χ3n) is 4.29. The molecule has 0 saturated carbocycles. The van der Waals surface area contributed by atoms with Crippen molar-refractivity contribution < 1.29 is 9.53 Å². The Balaban J connectivity index is 1.86. The molecule has 0 saturated heterocycles. The maximum absolute atomic E-state index is 11.5. The van der Waals surface area contributed by atoms with Crippen molar-refractivity contribution >= 4 is 16.9 Å². The summed E-state index contributed by atoms with van der Waals surface area (Å²) in [5.74, 6) is -0.136. The number of fused-ring (bicyclic) bond motifs is 1. The molecule has 3 nitrogen and oxygen atoms in total. The minimum absolute atomic E-state index is 0.136. The summed E-state index contributed by atoms with van der Waals surface area (Å²) < 4.78 is 4.99. The number of hydrogen-bond donors (Lipinski definition) is 1. The summed E-state index contributed by atoms with van der Waals surface area (Å²) in [5, 5.41) is 1.17. The first kappa shape index (κ1) is 16.3. The highest BCUT2D eigenvalue weighted by Gasteiger charge is 2.08. The zero-order valence-corrected chi connectivity index (χ0v) is 14.5. The van der Waals surface area contributed by atoms with Crippen LogP contribution in [-0.4, -0.2) is 17.6 Å². The van der Waals surface area contributed by atoms with Crippen molar-refractivity contribution in [1.29, 1.82) is 0 Å². The van der Waals surface area contributed by atoms with Gasteiger partial charge >= 0.3 is 5.97 Å². The van der Waals surface area contributed by atoms with Crippen LogP contribution in [0.15, 0.2) is 42.5 Å². The molecule has 1 heterocycles. The molecular weight excluding hydrogens is 298 g/mol. The number of aryl methyl sites for hydroxylation is 3. The van der Waals surface area contributed by atoms with Crippen molar-refractivity contribution in [3.8, 4) is 11.3 Å². The molecule has 0 unspecified atom stereocenters. The number of carbonyl (C=O) groups is 1. The Morgan fingerprint density at radius 2 is 1.92 bits per heavy atom. The Morgan fingerprint density at radius 1 is 1.08 bits per heavy atom. The fourth-order valence-electron chi connectivity index (χ4n) is 2.99. The molecule has 0 aliphatic heterocycles. The van der Waals surface area contributed by atoms with E-state index in [9.17, 15) is 4.79 Å². The normalized spacial score (nSPS) is 11.0. The predicted octanol–water partition coefficient (Wildman–Crippen LogP) is 4.95. The van der Waals surface area contributed by atoms with Gasteiger partial charge in [0, 0.05) is 28.6 Å². The summed E-state index contributed by atoms with van der Waals surface area (Å²) >= 11 is 0. The molecule has 0 aliphatic carbocycles. The van der Waals surface area contributed by atoms with Crippen LogP contribution in [0.5, 0.6) is 0 Å². The molecule has 0 aliphatic rings. The molecule has 2 aromatic carbocycles. The number of nitrogens with one attached hydrogen (secondary N) is 1. The fourth-order valence-corrected chi connectivity index (χ4v) is 2.99. The van der Waals surface area contributed by atoms with Gasteiger partial charge in [0.2, 0.25) is 0 Å². The second-order valence-electron chi connectivity index (χ2n) is 6.23. The third-order valence-corrected chi connectivity index (χ3v) is 4.29. The summed E-state index contributed by atoms with van der Waals surface area (Å²) in [7, 11) is 0. The molecule has 0 amide bonds. The summed E-state index contributed by atoms with van der Waals surface area (Å²) in [4.78, 5) is 15.0. The average Bonchev–Trinajstić information content (AvgIpc) is 2.98. The van der Waals surface area contributed by atoms with Gasteiger partial charge in [0.15, 0.2) is 0 Å². The Bertz CT molecular complexity index is 877. The number of hydrogen-bond acceptors (Lipinski definition) is 2. The number of esters is 1. The molecule has 3 rings (SSSR count). The zero-order valence-electron chi connectivity index (χ0n) is 14.5. The number of H-pyrrole nitrogens is 1. The van der Waals surface area contributed by atoms with Crippen molar-refractivity contribution in [2.24, 2.45) is 0 Å². The number of aromatic amines is 1. The second-order valence-corrected chi connectivity index (χ2v) is 6.23. The van der Waals surface area contributed by atoms with Gasteiger partial charge in [-0.15, -0.1) is 0 Å². The Kier molecular flexibility index (Phi) is 4.70. The van der Waals surface area contributed by atoms with Crippen molar-refractivity contribution in [3.63, 3.8) is 0 Å². The van der Waals surface area contributed by atoms with E-state index >= 15 is 0 Å². The van der Waals surface area contributed by atoms with Gasteiger partial charge in [0.1, 0.15) is 0 Å². The van der Waals surface area contributed by atoms with Crippen molar-refractivity contribution in [2.45, 2.75) is 33.6 Å². The highest BCUT2D eigenvalue weighted by molar-refractivity contribution is 5.87. The van der Waals surface area contributed by atoms with Crippen LogP contribution in [0.2, 0.25) is 0 Å². The van der Waals surface area contributed by atoms with E-state index in [4.69, 9.17) is 4.74 Å². The van der Waals surface area contributed by atoms with Crippen LogP contribution in [0.4, 0.5) is 0 Å². The molecule has 24 heavy (non-hydrogen) atoms. The van der Waals surface area contributed by atoms with E-state index in [0.717, 1.165) is 16.8 Å². The molecule has 0 atom stereocenters. The Morgan fingerprint density at radius 3 is 2.71 bits per heavy atom. The molecule has 0 radical (unpaired) electrons. The molecule has 124 valence electrons. The lowest BCUT2D eigenvalue weighted by Gasteiger charge is -2.04.